The third kappa shape index (κ3) is 8.06. The van der Waals surface area contributed by atoms with Crippen molar-refractivity contribution >= 4 is 33.4 Å². The van der Waals surface area contributed by atoms with Gasteiger partial charge in [-0.05, 0) is 67.6 Å². The highest BCUT2D eigenvalue weighted by atomic mass is 35.5. The number of para-hydroxylation sites is 1. The molecule has 0 aliphatic heterocycles. The Balaban J connectivity index is 1.42. The van der Waals surface area contributed by atoms with E-state index in [0.29, 0.717) is 17.2 Å². The van der Waals surface area contributed by atoms with Crippen molar-refractivity contribution in [3.8, 4) is 5.75 Å². The van der Waals surface area contributed by atoms with Gasteiger partial charge in [0.05, 0.1) is 12.0 Å². The first-order valence-electron chi connectivity index (χ1n) is 13.2. The average Bonchev–Trinajstić information content (AvgIpc) is 3.77. The largest absolute Gasteiger partial charge is 0.496 e. The average molecular weight is 584 g/mol. The molecule has 40 heavy (non-hydrogen) atoms. The molecule has 3 aromatic rings. The number of benzene rings is 3. The van der Waals surface area contributed by atoms with E-state index < -0.39 is 16.1 Å². The number of ether oxygens (including phenoxy) is 1. The molecule has 0 radical (unpaired) electrons. The summed E-state index contributed by atoms with van der Waals surface area (Å²) in [5, 5.41) is 3.50. The lowest BCUT2D eigenvalue weighted by atomic mass is 10.1. The van der Waals surface area contributed by atoms with E-state index in [1.165, 1.54) is 0 Å². The first-order valence-corrected chi connectivity index (χ1v) is 15.1. The Hall–Kier alpha value is -3.40. The van der Waals surface area contributed by atoms with Gasteiger partial charge in [0, 0.05) is 36.1 Å². The molecular formula is C30H34ClN3O5S. The van der Waals surface area contributed by atoms with Gasteiger partial charge in [-0.1, -0.05) is 54.1 Å². The molecule has 2 N–H and O–H groups in total. The zero-order valence-corrected chi connectivity index (χ0v) is 24.2. The summed E-state index contributed by atoms with van der Waals surface area (Å²) >= 11 is 6.04. The highest BCUT2D eigenvalue weighted by molar-refractivity contribution is 7.89. The Kier molecular flexibility index (Phi) is 9.84. The summed E-state index contributed by atoms with van der Waals surface area (Å²) in [4.78, 5) is 28.4. The van der Waals surface area contributed by atoms with Crippen molar-refractivity contribution < 1.29 is 22.7 Å². The zero-order valence-electron chi connectivity index (χ0n) is 22.6. The molecule has 10 heteroatoms. The Labute approximate surface area is 240 Å². The van der Waals surface area contributed by atoms with Gasteiger partial charge in [0.15, 0.2) is 0 Å². The van der Waals surface area contributed by atoms with Gasteiger partial charge in [0.2, 0.25) is 21.8 Å². The van der Waals surface area contributed by atoms with Crippen LogP contribution >= 0.6 is 11.6 Å². The van der Waals surface area contributed by atoms with Gasteiger partial charge in [-0.15, -0.1) is 0 Å². The van der Waals surface area contributed by atoms with Crippen LogP contribution in [-0.4, -0.2) is 44.3 Å². The topological polar surface area (TPSA) is 105 Å². The maximum atomic E-state index is 13.5. The summed E-state index contributed by atoms with van der Waals surface area (Å²) in [7, 11) is -1.96. The van der Waals surface area contributed by atoms with Crippen LogP contribution in [0.4, 0.5) is 0 Å². The second-order valence-electron chi connectivity index (χ2n) is 9.89. The van der Waals surface area contributed by atoms with Gasteiger partial charge in [-0.3, -0.25) is 9.59 Å². The number of carbonyl (C=O) groups excluding carboxylic acids is 2. The van der Waals surface area contributed by atoms with Gasteiger partial charge in [-0.25, -0.2) is 13.1 Å². The van der Waals surface area contributed by atoms with E-state index in [4.69, 9.17) is 16.3 Å². The van der Waals surface area contributed by atoms with Crippen molar-refractivity contribution in [1.82, 2.24) is 14.9 Å². The van der Waals surface area contributed by atoms with E-state index in [9.17, 15) is 18.0 Å². The van der Waals surface area contributed by atoms with Crippen LogP contribution in [0.25, 0.3) is 0 Å². The van der Waals surface area contributed by atoms with Crippen LogP contribution in [0.5, 0.6) is 5.75 Å². The maximum Gasteiger partial charge on any atom is 0.242 e. The minimum absolute atomic E-state index is 0.0304. The summed E-state index contributed by atoms with van der Waals surface area (Å²) in [5.41, 5.74) is 2.51. The molecule has 2 amide bonds. The second kappa shape index (κ2) is 13.3. The number of hydrogen-bond donors (Lipinski definition) is 2. The molecule has 0 spiro atoms. The number of methoxy groups -OCH3 is 1. The Morgan fingerprint density at radius 2 is 1.65 bits per heavy atom. The van der Waals surface area contributed by atoms with E-state index in [0.717, 1.165) is 29.5 Å². The molecule has 0 aromatic heterocycles. The fourth-order valence-corrected chi connectivity index (χ4v) is 5.70. The minimum Gasteiger partial charge on any atom is -0.496 e. The molecule has 3 aromatic carbocycles. The molecule has 0 unspecified atom stereocenters. The fourth-order valence-electron chi connectivity index (χ4n) is 4.27. The lowest BCUT2D eigenvalue weighted by Crippen LogP contribution is -2.47. The molecule has 0 saturated heterocycles. The van der Waals surface area contributed by atoms with Gasteiger partial charge < -0.3 is 15.0 Å². The van der Waals surface area contributed by atoms with Crippen LogP contribution in [0, 0.1) is 0 Å². The number of rotatable bonds is 13. The predicted octanol–water partition coefficient (Wildman–Crippen LogP) is 4.46. The summed E-state index contributed by atoms with van der Waals surface area (Å²) in [5.74, 6) is 0.194. The van der Waals surface area contributed by atoms with Crippen LogP contribution < -0.4 is 14.8 Å². The highest BCUT2D eigenvalue weighted by Gasteiger charge is 2.28. The molecule has 1 atom stereocenters. The SMILES string of the molecule is COc1ccccc1CNC(=O)[C@H](C)N(Cc1ccc(Cl)cc1)C(=O)CCc1ccc(S(=O)(=O)NC2CC2)cc1. The molecule has 1 aliphatic rings. The fraction of sp³-hybridized carbons (Fsp3) is 0.333. The third-order valence-electron chi connectivity index (χ3n) is 6.84. The molecule has 4 rings (SSSR count). The molecule has 8 nitrogen and oxygen atoms in total. The van der Waals surface area contributed by atoms with E-state index in [1.807, 2.05) is 36.4 Å². The molecule has 1 saturated carbocycles. The smallest absolute Gasteiger partial charge is 0.242 e. The maximum absolute atomic E-state index is 13.5. The quantitative estimate of drug-likeness (QED) is 0.309. The Morgan fingerprint density at radius 3 is 2.30 bits per heavy atom. The van der Waals surface area contributed by atoms with Crippen LogP contribution in [0.3, 0.4) is 0 Å². The molecule has 1 aliphatic carbocycles. The lowest BCUT2D eigenvalue weighted by Gasteiger charge is -2.29. The summed E-state index contributed by atoms with van der Waals surface area (Å²) in [6, 6.07) is 20.4. The first-order chi connectivity index (χ1) is 19.2. The van der Waals surface area contributed by atoms with Gasteiger partial charge in [0.25, 0.3) is 0 Å². The van der Waals surface area contributed by atoms with Crippen LogP contribution in [0.15, 0.2) is 77.7 Å². The number of nitrogens with one attached hydrogen (secondary N) is 2. The van der Waals surface area contributed by atoms with Crippen molar-refractivity contribution in [2.24, 2.45) is 0 Å². The van der Waals surface area contributed by atoms with Crippen molar-refractivity contribution in [1.29, 1.82) is 0 Å². The van der Waals surface area contributed by atoms with Crippen LogP contribution in [0.2, 0.25) is 5.02 Å². The molecule has 1 fully saturated rings. The summed E-state index contributed by atoms with van der Waals surface area (Å²) < 4.78 is 32.9. The molecular weight excluding hydrogens is 550 g/mol. The molecule has 212 valence electrons. The third-order valence-corrected chi connectivity index (χ3v) is 8.63. The molecule has 0 heterocycles. The number of halogens is 1. The number of sulfonamides is 1. The van der Waals surface area contributed by atoms with Gasteiger partial charge in [0.1, 0.15) is 11.8 Å². The van der Waals surface area contributed by atoms with Gasteiger partial charge >= 0.3 is 0 Å². The predicted molar refractivity (Wildman–Crippen MR) is 154 cm³/mol. The Bertz CT molecular complexity index is 1420. The second-order valence-corrected chi connectivity index (χ2v) is 12.0. The minimum atomic E-state index is -3.53. The van der Waals surface area contributed by atoms with Crippen LogP contribution in [-0.2, 0) is 39.1 Å². The first kappa shape index (κ1) is 29.6. The summed E-state index contributed by atoms with van der Waals surface area (Å²) in [6.07, 6.45) is 2.29. The van der Waals surface area contributed by atoms with E-state index in [2.05, 4.69) is 10.0 Å². The molecule has 0 bridgehead atoms. The number of amides is 2. The monoisotopic (exact) mass is 583 g/mol. The van der Waals surface area contributed by atoms with Crippen molar-refractivity contribution in [2.75, 3.05) is 7.11 Å². The Morgan fingerprint density at radius 1 is 1.00 bits per heavy atom. The van der Waals surface area contributed by atoms with Gasteiger partial charge in [-0.2, -0.15) is 0 Å². The number of hydrogen-bond acceptors (Lipinski definition) is 5. The standard InChI is InChI=1S/C30H34ClN3O5S/c1-21(30(36)32-19-24-5-3-4-6-28(24)39-2)34(20-23-7-12-25(31)13-8-23)29(35)18-11-22-9-16-27(17-10-22)40(37,38)33-26-14-15-26/h3-10,12-13,16-17,21,26,33H,11,14-15,18-20H2,1-2H3,(H,32,36)/t21-/m0/s1. The number of carbonyl (C=O) groups is 2. The highest BCUT2D eigenvalue weighted by Crippen LogP contribution is 2.23. The van der Waals surface area contributed by atoms with E-state index in [-0.39, 0.29) is 42.3 Å². The summed E-state index contributed by atoms with van der Waals surface area (Å²) in [6.45, 7) is 2.21. The van der Waals surface area contributed by atoms with Crippen molar-refractivity contribution in [2.45, 2.75) is 62.7 Å². The van der Waals surface area contributed by atoms with Crippen molar-refractivity contribution in [3.63, 3.8) is 0 Å². The lowest BCUT2D eigenvalue weighted by molar-refractivity contribution is -0.140. The van der Waals surface area contributed by atoms with E-state index >= 15 is 0 Å². The van der Waals surface area contributed by atoms with Crippen LogP contribution in [0.1, 0.15) is 42.9 Å². The number of aryl methyl sites for hydroxylation is 1. The van der Waals surface area contributed by atoms with E-state index in [1.54, 1.807) is 55.3 Å². The zero-order chi connectivity index (χ0) is 28.7. The normalized spacial score (nSPS) is 13.9. The number of nitrogens with zero attached hydrogens (tertiary/aromatic N) is 1. The van der Waals surface area contributed by atoms with Crippen molar-refractivity contribution in [3.05, 3.63) is 94.5 Å².